The minimum atomic E-state index is -1.14. The van der Waals surface area contributed by atoms with Gasteiger partial charge in [-0.05, 0) is 57.5 Å². The number of nitrogens with zero attached hydrogens (tertiary/aromatic N) is 3. The molecule has 3 aromatic rings. The lowest BCUT2D eigenvalue weighted by molar-refractivity contribution is 0.0386. The third-order valence-corrected chi connectivity index (χ3v) is 4.63. The largest absolute Gasteiger partial charge is 0.466 e. The predicted octanol–water partition coefficient (Wildman–Crippen LogP) is 3.66. The molecule has 162 valence electrons. The molecule has 1 atom stereocenters. The highest BCUT2D eigenvalue weighted by Crippen LogP contribution is 2.20. The Kier molecular flexibility index (Phi) is 8.48. The first-order valence-corrected chi connectivity index (χ1v) is 9.81. The summed E-state index contributed by atoms with van der Waals surface area (Å²) in [4.78, 5) is 4.70. The second kappa shape index (κ2) is 10.6. The number of para-hydroxylation sites is 1. The zero-order chi connectivity index (χ0) is 20.9. The van der Waals surface area contributed by atoms with Crippen LogP contribution in [0.15, 0.2) is 58.1 Å². The second-order valence-electron chi connectivity index (χ2n) is 7.27. The van der Waals surface area contributed by atoms with Crippen LogP contribution in [0.4, 0.5) is 0 Å². The molecule has 2 aromatic heterocycles. The number of furan rings is 1. The van der Waals surface area contributed by atoms with Crippen LogP contribution >= 0.6 is 24.0 Å². The summed E-state index contributed by atoms with van der Waals surface area (Å²) in [6.07, 6.45) is 1.55. The van der Waals surface area contributed by atoms with E-state index in [-0.39, 0.29) is 30.5 Å². The standard InChI is InChI=1S/C22H29N5O2.HI/c1-5-23-21(25-15-22(4,28)20-11-8-12-29-20)24-14-18-9-6-7-10-19(18)27-17(3)13-16(2)26-27;/h6-13,28H,5,14-15H2,1-4H3,(H2,23,24,25);1H. The van der Waals surface area contributed by atoms with Crippen molar-refractivity contribution in [3.8, 4) is 5.69 Å². The molecule has 0 spiro atoms. The van der Waals surface area contributed by atoms with E-state index in [1.54, 1.807) is 25.3 Å². The molecular weight excluding hydrogens is 493 g/mol. The molecule has 0 aliphatic heterocycles. The lowest BCUT2D eigenvalue weighted by atomic mass is 10.0. The molecule has 8 heteroatoms. The number of aryl methyl sites for hydroxylation is 2. The van der Waals surface area contributed by atoms with Crippen molar-refractivity contribution in [1.82, 2.24) is 20.4 Å². The Morgan fingerprint density at radius 3 is 2.60 bits per heavy atom. The molecule has 0 aliphatic rings. The summed E-state index contributed by atoms with van der Waals surface area (Å²) in [5.41, 5.74) is 3.00. The van der Waals surface area contributed by atoms with Crippen LogP contribution in [0.2, 0.25) is 0 Å². The first-order chi connectivity index (χ1) is 13.9. The predicted molar refractivity (Wildman–Crippen MR) is 130 cm³/mol. The van der Waals surface area contributed by atoms with E-state index in [0.717, 1.165) is 22.6 Å². The molecule has 30 heavy (non-hydrogen) atoms. The number of hydrogen-bond acceptors (Lipinski definition) is 4. The number of nitrogens with one attached hydrogen (secondary N) is 2. The highest BCUT2D eigenvalue weighted by molar-refractivity contribution is 14.0. The van der Waals surface area contributed by atoms with E-state index in [2.05, 4.69) is 27.9 Å². The summed E-state index contributed by atoms with van der Waals surface area (Å²) in [6.45, 7) is 9.21. The minimum absolute atomic E-state index is 0. The van der Waals surface area contributed by atoms with Crippen molar-refractivity contribution in [2.45, 2.75) is 39.8 Å². The van der Waals surface area contributed by atoms with Gasteiger partial charge < -0.3 is 20.2 Å². The SMILES string of the molecule is CCNC(=NCc1ccccc1-n1nc(C)cc1C)NCC(C)(O)c1ccco1.I. The van der Waals surface area contributed by atoms with Crippen LogP contribution in [-0.2, 0) is 12.1 Å². The molecule has 0 saturated heterocycles. The Labute approximate surface area is 194 Å². The van der Waals surface area contributed by atoms with Crippen molar-refractivity contribution >= 4 is 29.9 Å². The van der Waals surface area contributed by atoms with Gasteiger partial charge in [0.05, 0.1) is 30.7 Å². The number of aromatic nitrogens is 2. The molecule has 0 radical (unpaired) electrons. The molecule has 7 nitrogen and oxygen atoms in total. The quantitative estimate of drug-likeness (QED) is 0.250. The smallest absolute Gasteiger partial charge is 0.191 e. The molecule has 3 rings (SSSR count). The number of hydrogen-bond donors (Lipinski definition) is 3. The van der Waals surface area contributed by atoms with E-state index >= 15 is 0 Å². The van der Waals surface area contributed by atoms with Crippen LogP contribution in [-0.4, -0.2) is 33.9 Å². The molecule has 1 aromatic carbocycles. The number of rotatable bonds is 7. The van der Waals surface area contributed by atoms with Gasteiger partial charge in [0.2, 0.25) is 0 Å². The fourth-order valence-electron chi connectivity index (χ4n) is 3.16. The van der Waals surface area contributed by atoms with Gasteiger partial charge in [-0.2, -0.15) is 5.10 Å². The van der Waals surface area contributed by atoms with Crippen molar-refractivity contribution in [1.29, 1.82) is 0 Å². The van der Waals surface area contributed by atoms with E-state index < -0.39 is 5.60 Å². The third kappa shape index (κ3) is 5.85. The summed E-state index contributed by atoms with van der Waals surface area (Å²) in [5.74, 6) is 1.14. The molecule has 0 bridgehead atoms. The Morgan fingerprint density at radius 1 is 1.20 bits per heavy atom. The number of halogens is 1. The van der Waals surface area contributed by atoms with Crippen LogP contribution in [0.1, 0.15) is 36.6 Å². The normalized spacial score (nSPS) is 13.4. The van der Waals surface area contributed by atoms with Gasteiger partial charge in [0.1, 0.15) is 11.4 Å². The number of aliphatic imine (C=N–C) groups is 1. The van der Waals surface area contributed by atoms with Gasteiger partial charge >= 0.3 is 0 Å². The Bertz CT molecular complexity index is 964. The van der Waals surface area contributed by atoms with Gasteiger partial charge in [0.25, 0.3) is 0 Å². The van der Waals surface area contributed by atoms with Crippen LogP contribution in [0.5, 0.6) is 0 Å². The molecule has 3 N–H and O–H groups in total. The Morgan fingerprint density at radius 2 is 1.97 bits per heavy atom. The van der Waals surface area contributed by atoms with Crippen molar-refractivity contribution in [2.24, 2.45) is 4.99 Å². The first-order valence-electron chi connectivity index (χ1n) is 9.81. The Hall–Kier alpha value is -2.33. The molecule has 2 heterocycles. The maximum absolute atomic E-state index is 10.7. The van der Waals surface area contributed by atoms with E-state index in [4.69, 9.17) is 9.41 Å². The fraction of sp³-hybridized carbons (Fsp3) is 0.364. The van der Waals surface area contributed by atoms with Crippen LogP contribution in [0.3, 0.4) is 0 Å². The maximum atomic E-state index is 10.7. The van der Waals surface area contributed by atoms with Gasteiger partial charge in [0, 0.05) is 12.2 Å². The van der Waals surface area contributed by atoms with E-state index in [1.165, 1.54) is 0 Å². The Balaban J connectivity index is 0.00000320. The first kappa shape index (κ1) is 23.9. The minimum Gasteiger partial charge on any atom is -0.466 e. The highest BCUT2D eigenvalue weighted by atomic mass is 127. The molecule has 0 saturated carbocycles. The van der Waals surface area contributed by atoms with Gasteiger partial charge in [-0.25, -0.2) is 9.67 Å². The van der Waals surface area contributed by atoms with Crippen LogP contribution in [0.25, 0.3) is 5.69 Å². The van der Waals surface area contributed by atoms with Gasteiger partial charge in [-0.15, -0.1) is 24.0 Å². The average molecular weight is 523 g/mol. The zero-order valence-electron chi connectivity index (χ0n) is 17.8. The van der Waals surface area contributed by atoms with Crippen LogP contribution in [0, 0.1) is 13.8 Å². The van der Waals surface area contributed by atoms with Gasteiger partial charge in [0.15, 0.2) is 5.96 Å². The molecule has 1 unspecified atom stereocenters. The molecule has 0 aliphatic carbocycles. The molecule has 0 amide bonds. The topological polar surface area (TPSA) is 87.6 Å². The number of benzene rings is 1. The molecular formula is C22H30IN5O2. The summed E-state index contributed by atoms with van der Waals surface area (Å²) >= 11 is 0. The van der Waals surface area contributed by atoms with Crippen molar-refractivity contribution in [2.75, 3.05) is 13.1 Å². The summed E-state index contributed by atoms with van der Waals surface area (Å²) < 4.78 is 7.28. The number of aliphatic hydroxyl groups is 1. The third-order valence-electron chi connectivity index (χ3n) is 4.63. The monoisotopic (exact) mass is 523 g/mol. The lowest BCUT2D eigenvalue weighted by Crippen LogP contribution is -2.44. The van der Waals surface area contributed by atoms with Crippen LogP contribution < -0.4 is 10.6 Å². The second-order valence-corrected chi connectivity index (χ2v) is 7.27. The van der Waals surface area contributed by atoms with Crippen molar-refractivity contribution < 1.29 is 9.52 Å². The summed E-state index contributed by atoms with van der Waals surface area (Å²) in [6, 6.07) is 13.7. The zero-order valence-corrected chi connectivity index (χ0v) is 20.2. The molecule has 0 fully saturated rings. The maximum Gasteiger partial charge on any atom is 0.191 e. The van der Waals surface area contributed by atoms with E-state index in [9.17, 15) is 5.11 Å². The van der Waals surface area contributed by atoms with E-state index in [1.807, 2.05) is 43.7 Å². The fourth-order valence-corrected chi connectivity index (χ4v) is 3.16. The van der Waals surface area contributed by atoms with E-state index in [0.29, 0.717) is 24.8 Å². The summed E-state index contributed by atoms with van der Waals surface area (Å²) in [5, 5.41) is 21.7. The van der Waals surface area contributed by atoms with Gasteiger partial charge in [-0.3, -0.25) is 0 Å². The van der Waals surface area contributed by atoms with Gasteiger partial charge in [-0.1, -0.05) is 18.2 Å². The summed E-state index contributed by atoms with van der Waals surface area (Å²) in [7, 11) is 0. The van der Waals surface area contributed by atoms with Crippen molar-refractivity contribution in [3.05, 3.63) is 71.4 Å². The lowest BCUT2D eigenvalue weighted by Gasteiger charge is -2.22. The van der Waals surface area contributed by atoms with Crippen molar-refractivity contribution in [3.63, 3.8) is 0 Å². The highest BCUT2D eigenvalue weighted by Gasteiger charge is 2.26. The number of guanidine groups is 1. The average Bonchev–Trinajstić information content (AvgIpc) is 3.34.